The molecule has 2 aliphatic rings. The summed E-state index contributed by atoms with van der Waals surface area (Å²) in [7, 11) is 0. The van der Waals surface area contributed by atoms with E-state index >= 15 is 0 Å². The third-order valence-corrected chi connectivity index (χ3v) is 5.47. The van der Waals surface area contributed by atoms with Gasteiger partial charge in [-0.25, -0.2) is 0 Å². The molecule has 0 heterocycles. The molecule has 0 N–H and O–H groups in total. The van der Waals surface area contributed by atoms with Gasteiger partial charge < -0.3 is 4.74 Å². The van der Waals surface area contributed by atoms with Gasteiger partial charge in [0.15, 0.2) is 0 Å². The maximum absolute atomic E-state index is 11.5. The van der Waals surface area contributed by atoms with E-state index in [1.54, 1.807) is 6.92 Å². The Balaban J connectivity index is 2.29. The second-order valence-corrected chi connectivity index (χ2v) is 7.56. The summed E-state index contributed by atoms with van der Waals surface area (Å²) in [6.07, 6.45) is 6.28. The lowest BCUT2D eigenvalue weighted by Gasteiger charge is -2.50. The second-order valence-electron chi connectivity index (χ2n) is 7.56. The first kappa shape index (κ1) is 13.9. The molecule has 0 radical (unpaired) electrons. The van der Waals surface area contributed by atoms with E-state index in [9.17, 15) is 4.79 Å². The highest BCUT2D eigenvalue weighted by Gasteiger charge is 2.55. The highest BCUT2D eigenvalue weighted by molar-refractivity contribution is 5.66. The van der Waals surface area contributed by atoms with Crippen molar-refractivity contribution in [2.75, 3.05) is 0 Å². The molecule has 1 spiro atoms. The maximum atomic E-state index is 11.5. The third-order valence-electron chi connectivity index (χ3n) is 5.47. The van der Waals surface area contributed by atoms with Crippen LogP contribution in [0.3, 0.4) is 0 Å². The molecule has 0 amide bonds. The fourth-order valence-electron chi connectivity index (χ4n) is 4.62. The van der Waals surface area contributed by atoms with Crippen LogP contribution in [0.5, 0.6) is 0 Å². The molecule has 0 aromatic rings. The van der Waals surface area contributed by atoms with Crippen LogP contribution in [0, 0.1) is 22.7 Å². The van der Waals surface area contributed by atoms with Gasteiger partial charge in [0.2, 0.25) is 0 Å². The van der Waals surface area contributed by atoms with E-state index < -0.39 is 0 Å². The second kappa shape index (κ2) is 4.54. The van der Waals surface area contributed by atoms with Crippen molar-refractivity contribution in [1.82, 2.24) is 0 Å². The van der Waals surface area contributed by atoms with Crippen LogP contribution in [0.25, 0.3) is 0 Å². The molecule has 0 bridgehead atoms. The molecule has 2 aliphatic carbocycles. The molecule has 2 heteroatoms. The Hall–Kier alpha value is -0.530. The monoisotopic (exact) mass is 252 g/mol. The van der Waals surface area contributed by atoms with Crippen molar-refractivity contribution in [2.45, 2.75) is 72.8 Å². The first-order valence-corrected chi connectivity index (χ1v) is 7.44. The molecule has 2 rings (SSSR count). The largest absolute Gasteiger partial charge is 0.461 e. The molecule has 2 fully saturated rings. The van der Waals surface area contributed by atoms with E-state index in [-0.39, 0.29) is 22.9 Å². The van der Waals surface area contributed by atoms with Crippen LogP contribution in [0.15, 0.2) is 0 Å². The topological polar surface area (TPSA) is 26.3 Å². The van der Waals surface area contributed by atoms with Crippen molar-refractivity contribution in [3.05, 3.63) is 0 Å². The Morgan fingerprint density at radius 1 is 1.11 bits per heavy atom. The summed E-state index contributed by atoms with van der Waals surface area (Å²) in [5.74, 6) is 1.41. The predicted octanol–water partition coefficient (Wildman–Crippen LogP) is 4.18. The Labute approximate surface area is 111 Å². The minimum Gasteiger partial charge on any atom is -0.461 e. The fraction of sp³-hybridized carbons (Fsp3) is 0.938. The van der Waals surface area contributed by atoms with Crippen LogP contribution in [-0.2, 0) is 9.53 Å². The standard InChI is InChI=1S/C16H28O2/c1-11-9-16(10-12(11)2)8-6-7-15(4,5)14(16)18-13(3)17/h11-12,14H,6-10H2,1-5H3. The van der Waals surface area contributed by atoms with E-state index in [1.807, 2.05) is 0 Å². The third kappa shape index (κ3) is 2.31. The van der Waals surface area contributed by atoms with Gasteiger partial charge in [0.1, 0.15) is 6.10 Å². The molecule has 0 saturated heterocycles. The molecule has 2 saturated carbocycles. The average molecular weight is 252 g/mol. The van der Waals surface area contributed by atoms with Crippen LogP contribution < -0.4 is 0 Å². The van der Waals surface area contributed by atoms with Crippen LogP contribution >= 0.6 is 0 Å². The molecule has 104 valence electrons. The Bertz CT molecular complexity index is 322. The van der Waals surface area contributed by atoms with E-state index in [0.29, 0.717) is 0 Å². The summed E-state index contributed by atoms with van der Waals surface area (Å²) < 4.78 is 5.80. The zero-order valence-corrected chi connectivity index (χ0v) is 12.6. The number of hydrogen-bond acceptors (Lipinski definition) is 2. The summed E-state index contributed by atoms with van der Waals surface area (Å²) in [5, 5.41) is 0. The minimum atomic E-state index is -0.110. The molecule has 18 heavy (non-hydrogen) atoms. The Morgan fingerprint density at radius 2 is 1.67 bits per heavy atom. The summed E-state index contributed by atoms with van der Waals surface area (Å²) in [6, 6.07) is 0. The Kier molecular flexibility index (Phi) is 3.50. The van der Waals surface area contributed by atoms with Crippen molar-refractivity contribution >= 4 is 5.97 Å². The van der Waals surface area contributed by atoms with Crippen LogP contribution in [-0.4, -0.2) is 12.1 Å². The van der Waals surface area contributed by atoms with E-state index in [1.165, 1.54) is 32.1 Å². The lowest BCUT2D eigenvalue weighted by Crippen LogP contribution is -2.49. The zero-order chi connectivity index (χ0) is 13.6. The average Bonchev–Trinajstić information content (AvgIpc) is 2.49. The quantitative estimate of drug-likeness (QED) is 0.654. The molecule has 0 aliphatic heterocycles. The van der Waals surface area contributed by atoms with Crippen molar-refractivity contribution < 1.29 is 9.53 Å². The first-order chi connectivity index (χ1) is 8.27. The zero-order valence-electron chi connectivity index (χ0n) is 12.6. The van der Waals surface area contributed by atoms with Gasteiger partial charge in [-0.05, 0) is 37.5 Å². The van der Waals surface area contributed by atoms with Crippen molar-refractivity contribution in [2.24, 2.45) is 22.7 Å². The molecule has 3 unspecified atom stereocenters. The van der Waals surface area contributed by atoms with Gasteiger partial charge in [0.05, 0.1) is 0 Å². The molecule has 0 aromatic carbocycles. The number of esters is 1. The van der Waals surface area contributed by atoms with Crippen LogP contribution in [0.2, 0.25) is 0 Å². The van der Waals surface area contributed by atoms with Crippen molar-refractivity contribution in [3.63, 3.8) is 0 Å². The van der Waals surface area contributed by atoms with E-state index in [4.69, 9.17) is 4.74 Å². The number of hydrogen-bond donors (Lipinski definition) is 0. The summed E-state index contributed by atoms with van der Waals surface area (Å²) in [6.45, 7) is 10.8. The normalized spacial score (nSPS) is 43.1. The fourth-order valence-corrected chi connectivity index (χ4v) is 4.62. The van der Waals surface area contributed by atoms with Gasteiger partial charge in [-0.3, -0.25) is 4.79 Å². The molecule has 2 nitrogen and oxygen atoms in total. The minimum absolute atomic E-state index is 0.110. The number of ether oxygens (including phenoxy) is 1. The first-order valence-electron chi connectivity index (χ1n) is 7.44. The van der Waals surface area contributed by atoms with Gasteiger partial charge in [0, 0.05) is 17.8 Å². The van der Waals surface area contributed by atoms with Crippen molar-refractivity contribution in [1.29, 1.82) is 0 Å². The lowest BCUT2D eigenvalue weighted by molar-refractivity contribution is -0.173. The predicted molar refractivity (Wildman–Crippen MR) is 73.2 cm³/mol. The van der Waals surface area contributed by atoms with E-state index in [2.05, 4.69) is 27.7 Å². The highest BCUT2D eigenvalue weighted by Crippen LogP contribution is 2.58. The number of rotatable bonds is 1. The van der Waals surface area contributed by atoms with Gasteiger partial charge in [-0.1, -0.05) is 34.1 Å². The van der Waals surface area contributed by atoms with Crippen LogP contribution in [0.4, 0.5) is 0 Å². The molecular weight excluding hydrogens is 224 g/mol. The van der Waals surface area contributed by atoms with Gasteiger partial charge in [0.25, 0.3) is 0 Å². The Morgan fingerprint density at radius 3 is 2.17 bits per heavy atom. The highest BCUT2D eigenvalue weighted by atomic mass is 16.5. The lowest BCUT2D eigenvalue weighted by atomic mass is 9.60. The number of carbonyl (C=O) groups is 1. The summed E-state index contributed by atoms with van der Waals surface area (Å²) >= 11 is 0. The molecule has 3 atom stereocenters. The molecule has 0 aromatic heterocycles. The van der Waals surface area contributed by atoms with Gasteiger partial charge >= 0.3 is 5.97 Å². The van der Waals surface area contributed by atoms with Crippen molar-refractivity contribution in [3.8, 4) is 0 Å². The maximum Gasteiger partial charge on any atom is 0.302 e. The smallest absolute Gasteiger partial charge is 0.302 e. The summed E-state index contributed by atoms with van der Waals surface area (Å²) in [5.41, 5.74) is 0.389. The van der Waals surface area contributed by atoms with Gasteiger partial charge in [-0.15, -0.1) is 0 Å². The van der Waals surface area contributed by atoms with E-state index in [0.717, 1.165) is 11.8 Å². The van der Waals surface area contributed by atoms with Crippen LogP contribution in [0.1, 0.15) is 66.7 Å². The SMILES string of the molecule is CC(=O)OC1C(C)(C)CCCC12CC(C)C(C)C2. The summed E-state index contributed by atoms with van der Waals surface area (Å²) in [4.78, 5) is 11.5. The van der Waals surface area contributed by atoms with Gasteiger partial charge in [-0.2, -0.15) is 0 Å². The number of carbonyl (C=O) groups excluding carboxylic acids is 1. The molecular formula is C16H28O2.